The zero-order chi connectivity index (χ0) is 10.7. The Hall–Kier alpha value is -1.57. The first-order valence-corrected chi connectivity index (χ1v) is 5.23. The maximum atomic E-state index is 11.8. The molecule has 0 saturated heterocycles. The summed E-state index contributed by atoms with van der Waals surface area (Å²) in [5.74, 6) is 0.848. The number of carbonyl (C=O) groups excluding carboxylic acids is 1. The topological polar surface area (TPSA) is 26.3 Å². The Kier molecular flexibility index (Phi) is 2.86. The van der Waals surface area contributed by atoms with E-state index < -0.39 is 0 Å². The first kappa shape index (κ1) is 9.97. The highest BCUT2D eigenvalue weighted by Crippen LogP contribution is 2.30. The molecule has 15 heavy (non-hydrogen) atoms. The third kappa shape index (κ3) is 1.94. The Balaban J connectivity index is 2.03. The van der Waals surface area contributed by atoms with E-state index in [1.54, 1.807) is 0 Å². The van der Waals surface area contributed by atoms with Gasteiger partial charge in [0.1, 0.15) is 5.75 Å². The number of rotatable bonds is 4. The molecule has 1 aliphatic rings. The van der Waals surface area contributed by atoms with E-state index in [-0.39, 0.29) is 11.9 Å². The summed E-state index contributed by atoms with van der Waals surface area (Å²) in [6, 6.07) is 7.43. The molecular formula is C13H14O2. The van der Waals surface area contributed by atoms with Crippen molar-refractivity contribution in [3.05, 3.63) is 42.5 Å². The molecule has 0 N–H and O–H groups in total. The summed E-state index contributed by atoms with van der Waals surface area (Å²) in [5.41, 5.74) is 0.723. The monoisotopic (exact) mass is 202 g/mol. The van der Waals surface area contributed by atoms with Crippen molar-refractivity contribution in [2.45, 2.75) is 25.4 Å². The SMILES string of the molecule is C=CCCCC1Oc2ccccc2C1=O. The summed E-state index contributed by atoms with van der Waals surface area (Å²) in [4.78, 5) is 11.8. The number of carbonyl (C=O) groups is 1. The lowest BCUT2D eigenvalue weighted by atomic mass is 10.0. The number of Topliss-reactive ketones (excluding diaryl/α,β-unsaturated/α-hetero) is 1. The molecule has 1 heterocycles. The Labute approximate surface area is 89.6 Å². The van der Waals surface area contributed by atoms with E-state index in [0.717, 1.165) is 30.6 Å². The normalized spacial score (nSPS) is 18.4. The first-order valence-electron chi connectivity index (χ1n) is 5.23. The molecule has 2 nitrogen and oxygen atoms in total. The number of hydrogen-bond acceptors (Lipinski definition) is 2. The Morgan fingerprint density at radius 3 is 2.93 bits per heavy atom. The van der Waals surface area contributed by atoms with Crippen LogP contribution in [0.5, 0.6) is 5.75 Å². The van der Waals surface area contributed by atoms with Gasteiger partial charge in [-0.15, -0.1) is 6.58 Å². The minimum atomic E-state index is -0.276. The van der Waals surface area contributed by atoms with E-state index in [1.807, 2.05) is 30.3 Å². The van der Waals surface area contributed by atoms with Crippen LogP contribution in [0.3, 0.4) is 0 Å². The number of benzene rings is 1. The minimum absolute atomic E-state index is 0.120. The summed E-state index contributed by atoms with van der Waals surface area (Å²) in [7, 11) is 0. The lowest BCUT2D eigenvalue weighted by Crippen LogP contribution is -2.19. The highest BCUT2D eigenvalue weighted by molar-refractivity contribution is 6.04. The van der Waals surface area contributed by atoms with Gasteiger partial charge >= 0.3 is 0 Å². The van der Waals surface area contributed by atoms with E-state index in [4.69, 9.17) is 4.74 Å². The zero-order valence-electron chi connectivity index (χ0n) is 8.61. The fourth-order valence-corrected chi connectivity index (χ4v) is 1.79. The molecule has 0 amide bonds. The maximum Gasteiger partial charge on any atom is 0.207 e. The van der Waals surface area contributed by atoms with Gasteiger partial charge in [0.2, 0.25) is 5.78 Å². The van der Waals surface area contributed by atoms with Gasteiger partial charge in [0.15, 0.2) is 6.10 Å². The lowest BCUT2D eigenvalue weighted by Gasteiger charge is -2.07. The molecule has 2 rings (SSSR count). The van der Waals surface area contributed by atoms with E-state index in [9.17, 15) is 4.79 Å². The summed E-state index contributed by atoms with van der Waals surface area (Å²) in [6.07, 6.45) is 4.26. The van der Waals surface area contributed by atoms with E-state index in [1.165, 1.54) is 0 Å². The second-order valence-corrected chi connectivity index (χ2v) is 3.69. The van der Waals surface area contributed by atoms with Gasteiger partial charge in [-0.05, 0) is 31.4 Å². The van der Waals surface area contributed by atoms with Gasteiger partial charge in [0.25, 0.3) is 0 Å². The summed E-state index contributed by atoms with van der Waals surface area (Å²) >= 11 is 0. The van der Waals surface area contributed by atoms with Crippen molar-refractivity contribution in [1.29, 1.82) is 0 Å². The van der Waals surface area contributed by atoms with Crippen LogP contribution in [0.15, 0.2) is 36.9 Å². The van der Waals surface area contributed by atoms with Crippen LogP contribution in [-0.4, -0.2) is 11.9 Å². The minimum Gasteiger partial charge on any atom is -0.482 e. The fourth-order valence-electron chi connectivity index (χ4n) is 1.79. The molecule has 0 spiro atoms. The maximum absolute atomic E-state index is 11.8. The third-order valence-corrected chi connectivity index (χ3v) is 2.59. The molecule has 1 aliphatic heterocycles. The molecule has 0 radical (unpaired) electrons. The summed E-state index contributed by atoms with van der Waals surface area (Å²) in [6.45, 7) is 3.66. The van der Waals surface area contributed by atoms with Crippen molar-refractivity contribution in [2.75, 3.05) is 0 Å². The van der Waals surface area contributed by atoms with Gasteiger partial charge in [-0.1, -0.05) is 18.2 Å². The second-order valence-electron chi connectivity index (χ2n) is 3.69. The Morgan fingerprint density at radius 1 is 1.40 bits per heavy atom. The van der Waals surface area contributed by atoms with Crippen LogP contribution in [-0.2, 0) is 0 Å². The average Bonchev–Trinajstić information content (AvgIpc) is 2.57. The van der Waals surface area contributed by atoms with Crippen LogP contribution in [0.2, 0.25) is 0 Å². The van der Waals surface area contributed by atoms with Crippen molar-refractivity contribution in [3.8, 4) is 5.75 Å². The number of ketones is 1. The highest BCUT2D eigenvalue weighted by atomic mass is 16.5. The van der Waals surface area contributed by atoms with Crippen molar-refractivity contribution < 1.29 is 9.53 Å². The lowest BCUT2D eigenvalue weighted by molar-refractivity contribution is 0.0844. The van der Waals surface area contributed by atoms with Crippen molar-refractivity contribution in [3.63, 3.8) is 0 Å². The van der Waals surface area contributed by atoms with Gasteiger partial charge < -0.3 is 4.74 Å². The van der Waals surface area contributed by atoms with Gasteiger partial charge in [0, 0.05) is 0 Å². The van der Waals surface area contributed by atoms with Crippen LogP contribution in [0, 0.1) is 0 Å². The van der Waals surface area contributed by atoms with Crippen molar-refractivity contribution in [2.24, 2.45) is 0 Å². The average molecular weight is 202 g/mol. The molecule has 2 heteroatoms. The van der Waals surface area contributed by atoms with Crippen LogP contribution in [0.1, 0.15) is 29.6 Å². The van der Waals surface area contributed by atoms with Crippen LogP contribution in [0.4, 0.5) is 0 Å². The Morgan fingerprint density at radius 2 is 2.20 bits per heavy atom. The van der Waals surface area contributed by atoms with E-state index in [0.29, 0.717) is 0 Å². The van der Waals surface area contributed by atoms with Crippen LogP contribution >= 0.6 is 0 Å². The Bertz CT molecular complexity index is 382. The molecule has 1 unspecified atom stereocenters. The van der Waals surface area contributed by atoms with Gasteiger partial charge in [0.05, 0.1) is 5.56 Å². The summed E-state index contributed by atoms with van der Waals surface area (Å²) < 4.78 is 5.58. The van der Waals surface area contributed by atoms with Crippen LogP contribution < -0.4 is 4.74 Å². The van der Waals surface area contributed by atoms with E-state index >= 15 is 0 Å². The van der Waals surface area contributed by atoms with Gasteiger partial charge in [-0.3, -0.25) is 4.79 Å². The third-order valence-electron chi connectivity index (χ3n) is 2.59. The molecule has 0 aliphatic carbocycles. The van der Waals surface area contributed by atoms with Crippen molar-refractivity contribution in [1.82, 2.24) is 0 Å². The number of hydrogen-bond donors (Lipinski definition) is 0. The molecule has 0 aromatic heterocycles. The summed E-state index contributed by atoms with van der Waals surface area (Å²) in [5, 5.41) is 0. The fraction of sp³-hybridized carbons (Fsp3) is 0.308. The highest BCUT2D eigenvalue weighted by Gasteiger charge is 2.30. The first-order chi connectivity index (χ1) is 7.33. The quantitative estimate of drug-likeness (QED) is 0.554. The number of allylic oxidation sites excluding steroid dienone is 1. The van der Waals surface area contributed by atoms with Crippen LogP contribution in [0.25, 0.3) is 0 Å². The van der Waals surface area contributed by atoms with Crippen molar-refractivity contribution >= 4 is 5.78 Å². The molecule has 0 saturated carbocycles. The molecule has 1 atom stereocenters. The van der Waals surface area contributed by atoms with Gasteiger partial charge in [-0.2, -0.15) is 0 Å². The molecule has 1 aromatic rings. The number of unbranched alkanes of at least 4 members (excludes halogenated alkanes) is 1. The smallest absolute Gasteiger partial charge is 0.207 e. The number of ether oxygens (including phenoxy) is 1. The predicted octanol–water partition coefficient (Wildman–Crippen LogP) is 2.99. The van der Waals surface area contributed by atoms with E-state index in [2.05, 4.69) is 6.58 Å². The molecule has 0 bridgehead atoms. The molecule has 78 valence electrons. The zero-order valence-corrected chi connectivity index (χ0v) is 8.61. The largest absolute Gasteiger partial charge is 0.482 e. The number of fused-ring (bicyclic) bond motifs is 1. The van der Waals surface area contributed by atoms with Gasteiger partial charge in [-0.25, -0.2) is 0 Å². The molecule has 0 fully saturated rings. The predicted molar refractivity (Wildman–Crippen MR) is 59.2 cm³/mol. The number of para-hydroxylation sites is 1. The second kappa shape index (κ2) is 4.30. The molecule has 1 aromatic carbocycles. The standard InChI is InChI=1S/C13H14O2/c1-2-3-4-9-12-13(14)10-7-5-6-8-11(10)15-12/h2,5-8,12H,1,3-4,9H2. The molecular weight excluding hydrogens is 188 g/mol.